The molecule has 0 aliphatic rings. The number of hydrogen-bond donors (Lipinski definition) is 0. The van der Waals surface area contributed by atoms with Crippen molar-refractivity contribution in [3.63, 3.8) is 0 Å². The van der Waals surface area contributed by atoms with Crippen molar-refractivity contribution in [3.05, 3.63) is 35.7 Å². The van der Waals surface area contributed by atoms with Gasteiger partial charge in [0.25, 0.3) is 5.91 Å². The minimum Gasteiger partial charge on any atom is -0.494 e. The van der Waals surface area contributed by atoms with Gasteiger partial charge in [0.05, 0.1) is 11.8 Å². The lowest BCUT2D eigenvalue weighted by atomic mass is 10.3. The number of nitrogens with zero attached hydrogens (tertiary/aromatic N) is 4. The Hall–Kier alpha value is -2.45. The van der Waals surface area contributed by atoms with Crippen LogP contribution in [0, 0.1) is 6.92 Å². The maximum atomic E-state index is 13.0. The topological polar surface area (TPSA) is 71.7 Å². The van der Waals surface area contributed by atoms with Crippen LogP contribution in [0.4, 0.5) is 5.13 Å². The van der Waals surface area contributed by atoms with E-state index in [0.717, 1.165) is 23.2 Å². The Morgan fingerprint density at radius 3 is 2.77 bits per heavy atom. The number of rotatable bonds is 7. The molecule has 3 rings (SSSR count). The van der Waals surface area contributed by atoms with Gasteiger partial charge in [0.1, 0.15) is 17.0 Å². The average molecular weight is 374 g/mol. The van der Waals surface area contributed by atoms with Gasteiger partial charge in [0, 0.05) is 12.6 Å². The smallest absolute Gasteiger partial charge is 0.282 e. The number of fused-ring (bicyclic) bond motifs is 1. The average Bonchev–Trinajstić information content (AvgIpc) is 3.23. The minimum absolute atomic E-state index is 0.210. The van der Waals surface area contributed by atoms with Crippen molar-refractivity contribution in [2.45, 2.75) is 13.3 Å². The molecule has 26 heavy (non-hydrogen) atoms. The molecule has 0 spiro atoms. The van der Waals surface area contributed by atoms with Gasteiger partial charge in [-0.25, -0.2) is 4.98 Å². The highest BCUT2D eigenvalue weighted by atomic mass is 32.1. The SMILES string of the molecule is COc1cccc2sc(N(CCCN(C)C)C(=O)c3cc(C)on3)nc12. The lowest BCUT2D eigenvalue weighted by Crippen LogP contribution is -2.33. The summed E-state index contributed by atoms with van der Waals surface area (Å²) in [6.45, 7) is 3.18. The number of hydrogen-bond acceptors (Lipinski definition) is 7. The summed E-state index contributed by atoms with van der Waals surface area (Å²) in [6, 6.07) is 7.41. The van der Waals surface area contributed by atoms with Gasteiger partial charge < -0.3 is 14.2 Å². The van der Waals surface area contributed by atoms with Gasteiger partial charge >= 0.3 is 0 Å². The van der Waals surface area contributed by atoms with Gasteiger partial charge in [0.2, 0.25) is 0 Å². The highest BCUT2D eigenvalue weighted by molar-refractivity contribution is 7.22. The number of para-hydroxylation sites is 1. The van der Waals surface area contributed by atoms with Crippen molar-refractivity contribution in [3.8, 4) is 5.75 Å². The lowest BCUT2D eigenvalue weighted by molar-refractivity contribution is 0.0977. The predicted molar refractivity (Wildman–Crippen MR) is 102 cm³/mol. The standard InChI is InChI=1S/C18H22N4O3S/c1-12-11-13(20-25-12)17(23)22(10-6-9-21(2)3)18-19-16-14(24-4)7-5-8-15(16)26-18/h5,7-8,11H,6,9-10H2,1-4H3. The maximum Gasteiger partial charge on any atom is 0.282 e. The maximum absolute atomic E-state index is 13.0. The van der Waals surface area contributed by atoms with Crippen molar-refractivity contribution < 1.29 is 14.1 Å². The molecule has 2 heterocycles. The van der Waals surface area contributed by atoms with Crippen molar-refractivity contribution in [1.29, 1.82) is 0 Å². The van der Waals surface area contributed by atoms with Gasteiger partial charge in [-0.2, -0.15) is 0 Å². The first kappa shape index (κ1) is 18.3. The third-order valence-electron chi connectivity index (χ3n) is 3.90. The fourth-order valence-corrected chi connectivity index (χ4v) is 3.63. The molecule has 0 bridgehead atoms. The summed E-state index contributed by atoms with van der Waals surface area (Å²) in [7, 11) is 5.64. The Labute approximate surface area is 156 Å². The zero-order valence-corrected chi connectivity index (χ0v) is 16.2. The summed E-state index contributed by atoms with van der Waals surface area (Å²) >= 11 is 1.47. The summed E-state index contributed by atoms with van der Waals surface area (Å²) in [5, 5.41) is 4.50. The van der Waals surface area contributed by atoms with E-state index in [1.807, 2.05) is 32.3 Å². The summed E-state index contributed by atoms with van der Waals surface area (Å²) in [5.41, 5.74) is 1.05. The minimum atomic E-state index is -0.210. The van der Waals surface area contributed by atoms with Crippen LogP contribution in [0.15, 0.2) is 28.8 Å². The number of thiazole rings is 1. The highest BCUT2D eigenvalue weighted by Gasteiger charge is 2.24. The Bertz CT molecular complexity index is 903. The molecule has 1 amide bonds. The lowest BCUT2D eigenvalue weighted by Gasteiger charge is -2.19. The first-order chi connectivity index (χ1) is 12.5. The molecule has 0 saturated heterocycles. The molecule has 7 nitrogen and oxygen atoms in total. The van der Waals surface area contributed by atoms with Crippen LogP contribution < -0.4 is 9.64 Å². The molecule has 0 saturated carbocycles. The van der Waals surface area contributed by atoms with E-state index in [-0.39, 0.29) is 5.91 Å². The zero-order chi connectivity index (χ0) is 18.7. The van der Waals surface area contributed by atoms with Gasteiger partial charge in [-0.15, -0.1) is 0 Å². The van der Waals surface area contributed by atoms with Crippen molar-refractivity contribution in [1.82, 2.24) is 15.0 Å². The highest BCUT2D eigenvalue weighted by Crippen LogP contribution is 2.34. The molecule has 138 valence electrons. The number of ether oxygens (including phenoxy) is 1. The number of aryl methyl sites for hydroxylation is 1. The second kappa shape index (κ2) is 7.84. The zero-order valence-electron chi connectivity index (χ0n) is 15.4. The van der Waals surface area contributed by atoms with E-state index >= 15 is 0 Å². The van der Waals surface area contributed by atoms with E-state index in [1.54, 1.807) is 25.0 Å². The van der Waals surface area contributed by atoms with Crippen LogP contribution in [0.2, 0.25) is 0 Å². The number of aromatic nitrogens is 2. The number of carbonyl (C=O) groups is 1. The van der Waals surface area contributed by atoms with Crippen molar-refractivity contribution in [2.24, 2.45) is 0 Å². The van der Waals surface area contributed by atoms with Crippen molar-refractivity contribution >= 4 is 32.6 Å². The van der Waals surface area contributed by atoms with E-state index in [2.05, 4.69) is 15.0 Å². The molecule has 0 fully saturated rings. The Kier molecular flexibility index (Phi) is 5.53. The Morgan fingerprint density at radius 1 is 1.31 bits per heavy atom. The summed E-state index contributed by atoms with van der Waals surface area (Å²) in [6.07, 6.45) is 0.822. The first-order valence-corrected chi connectivity index (χ1v) is 9.14. The number of benzene rings is 1. The normalized spacial score (nSPS) is 11.3. The molecule has 0 aliphatic carbocycles. The number of carbonyl (C=O) groups excluding carboxylic acids is 1. The van der Waals surface area contributed by atoms with Crippen LogP contribution in [0.3, 0.4) is 0 Å². The quantitative estimate of drug-likeness (QED) is 0.632. The third kappa shape index (κ3) is 3.86. The molecule has 3 aromatic rings. The fraction of sp³-hybridized carbons (Fsp3) is 0.389. The number of methoxy groups -OCH3 is 1. The molecule has 0 aliphatic heterocycles. The molecule has 8 heteroatoms. The van der Waals surface area contributed by atoms with Crippen molar-refractivity contribution in [2.75, 3.05) is 39.2 Å². The molecular weight excluding hydrogens is 352 g/mol. The van der Waals surface area contributed by atoms with Crippen LogP contribution in [0.25, 0.3) is 10.2 Å². The monoisotopic (exact) mass is 374 g/mol. The third-order valence-corrected chi connectivity index (χ3v) is 4.94. The summed E-state index contributed by atoms with van der Waals surface area (Å²) in [5.74, 6) is 1.09. The summed E-state index contributed by atoms with van der Waals surface area (Å²) in [4.78, 5) is 21.4. The second-order valence-electron chi connectivity index (χ2n) is 6.24. The first-order valence-electron chi connectivity index (χ1n) is 8.33. The van der Waals surface area contributed by atoms with Gasteiger partial charge in [-0.3, -0.25) is 9.69 Å². The van der Waals surface area contributed by atoms with E-state index < -0.39 is 0 Å². The largest absolute Gasteiger partial charge is 0.494 e. The summed E-state index contributed by atoms with van der Waals surface area (Å²) < 4.78 is 11.4. The number of amides is 1. The fourth-order valence-electron chi connectivity index (χ4n) is 2.63. The van der Waals surface area contributed by atoms with Gasteiger partial charge in [0.15, 0.2) is 10.8 Å². The van der Waals surface area contributed by atoms with E-state index in [0.29, 0.717) is 28.9 Å². The predicted octanol–water partition coefficient (Wildman–Crippen LogP) is 3.20. The van der Waals surface area contributed by atoms with Crippen LogP contribution in [-0.2, 0) is 0 Å². The molecule has 0 radical (unpaired) electrons. The van der Waals surface area contributed by atoms with E-state index in [4.69, 9.17) is 9.26 Å². The molecule has 0 N–H and O–H groups in total. The van der Waals surface area contributed by atoms with E-state index in [9.17, 15) is 4.79 Å². The van der Waals surface area contributed by atoms with Gasteiger partial charge in [-0.1, -0.05) is 22.6 Å². The molecule has 1 aromatic carbocycles. The van der Waals surface area contributed by atoms with Gasteiger partial charge in [-0.05, 0) is 46.1 Å². The van der Waals surface area contributed by atoms with Crippen LogP contribution in [0.5, 0.6) is 5.75 Å². The number of anilines is 1. The molecule has 0 unspecified atom stereocenters. The van der Waals surface area contributed by atoms with Crippen LogP contribution in [-0.4, -0.2) is 55.2 Å². The van der Waals surface area contributed by atoms with Crippen LogP contribution in [0.1, 0.15) is 22.7 Å². The molecule has 0 atom stereocenters. The van der Waals surface area contributed by atoms with E-state index in [1.165, 1.54) is 11.3 Å². The Morgan fingerprint density at radius 2 is 2.12 bits per heavy atom. The Balaban J connectivity index is 1.95. The second-order valence-corrected chi connectivity index (χ2v) is 7.25. The van der Waals surface area contributed by atoms with Crippen LogP contribution >= 0.6 is 11.3 Å². The molecule has 2 aromatic heterocycles. The molecular formula is C18H22N4O3S.